The smallest absolute Gasteiger partial charge is 0.306 e. The number of unbranched alkanes of at least 4 members (excludes halogenated alkanes) is 3. The van der Waals surface area contributed by atoms with Crippen molar-refractivity contribution < 1.29 is 29.3 Å². The highest BCUT2D eigenvalue weighted by Gasteiger charge is 2.64. The quantitative estimate of drug-likeness (QED) is 0.144. The molecule has 7 heteroatoms. The van der Waals surface area contributed by atoms with Gasteiger partial charge in [0.2, 0.25) is 5.91 Å². The van der Waals surface area contributed by atoms with Gasteiger partial charge < -0.3 is 25.0 Å². The fraction of sp³-hybridized carbons (Fsp3) is 0.944. The van der Waals surface area contributed by atoms with Crippen molar-refractivity contribution in [3.63, 3.8) is 0 Å². The van der Waals surface area contributed by atoms with E-state index in [1.165, 1.54) is 19.3 Å². The molecule has 43 heavy (non-hydrogen) atoms. The third-order valence-electron chi connectivity index (χ3n) is 12.7. The predicted molar refractivity (Wildman–Crippen MR) is 169 cm³/mol. The van der Waals surface area contributed by atoms with E-state index in [0.29, 0.717) is 49.9 Å². The first-order valence-electron chi connectivity index (χ1n) is 17.9. The van der Waals surface area contributed by atoms with Crippen molar-refractivity contribution in [2.75, 3.05) is 19.8 Å². The second kappa shape index (κ2) is 14.9. The molecule has 0 aromatic heterocycles. The Morgan fingerprint density at radius 1 is 0.884 bits per heavy atom. The number of hydrogen-bond donors (Lipinski definition) is 3. The minimum atomic E-state index is -0.644. The molecule has 0 aromatic rings. The van der Waals surface area contributed by atoms with Crippen LogP contribution in [0.4, 0.5) is 0 Å². The van der Waals surface area contributed by atoms with Crippen molar-refractivity contribution >= 4 is 11.9 Å². The average Bonchev–Trinajstić information content (AvgIpc) is 3.33. The number of hydrogen-bond acceptors (Lipinski definition) is 6. The normalized spacial score (nSPS) is 38.3. The Labute approximate surface area is 261 Å². The Hall–Kier alpha value is -1.18. The highest BCUT2D eigenvalue weighted by atomic mass is 16.5. The van der Waals surface area contributed by atoms with Crippen LogP contribution >= 0.6 is 0 Å². The first kappa shape index (κ1) is 34.7. The zero-order valence-corrected chi connectivity index (χ0v) is 28.0. The maximum absolute atomic E-state index is 13.2. The molecule has 4 rings (SSSR count). The molecule has 0 heterocycles. The third kappa shape index (κ3) is 7.80. The SMILES string of the molecule is CCCCCC[C@](C)(O)[C@H]1CC[C@H]2[C@@H]3C[C@H](OC(=O)CCC(=O)NCCOCCC)[C@H]4C[C@@H](O)CC[C@]4(C)[C@H]3CC[C@@]21C. The highest BCUT2D eigenvalue weighted by molar-refractivity contribution is 5.81. The number of carbonyl (C=O) groups excluding carboxylic acids is 2. The van der Waals surface area contributed by atoms with Crippen molar-refractivity contribution in [1.29, 1.82) is 0 Å². The van der Waals surface area contributed by atoms with Gasteiger partial charge in [0, 0.05) is 25.5 Å². The molecule has 4 fully saturated rings. The Bertz CT molecular complexity index is 923. The van der Waals surface area contributed by atoms with Crippen LogP contribution in [0.2, 0.25) is 0 Å². The van der Waals surface area contributed by atoms with Gasteiger partial charge in [-0.15, -0.1) is 0 Å². The van der Waals surface area contributed by atoms with E-state index in [9.17, 15) is 19.8 Å². The molecule has 7 nitrogen and oxygen atoms in total. The molecule has 0 aromatic carbocycles. The molecule has 10 atom stereocenters. The van der Waals surface area contributed by atoms with Crippen LogP contribution in [0.25, 0.3) is 0 Å². The van der Waals surface area contributed by atoms with Crippen LogP contribution in [-0.2, 0) is 19.1 Å². The molecule has 0 aliphatic heterocycles. The summed E-state index contributed by atoms with van der Waals surface area (Å²) < 4.78 is 11.7. The Kier molecular flexibility index (Phi) is 12.1. The maximum atomic E-state index is 13.2. The summed E-state index contributed by atoms with van der Waals surface area (Å²) in [6.45, 7) is 12.9. The first-order valence-corrected chi connectivity index (χ1v) is 17.9. The lowest BCUT2D eigenvalue weighted by Gasteiger charge is -2.63. The molecular formula is C36H63NO6. The van der Waals surface area contributed by atoms with Crippen LogP contribution in [0.5, 0.6) is 0 Å². The molecule has 0 unspecified atom stereocenters. The van der Waals surface area contributed by atoms with Gasteiger partial charge in [0.15, 0.2) is 0 Å². The van der Waals surface area contributed by atoms with Gasteiger partial charge in [-0.2, -0.15) is 0 Å². The molecule has 0 radical (unpaired) electrons. The van der Waals surface area contributed by atoms with Crippen molar-refractivity contribution in [3.05, 3.63) is 0 Å². The van der Waals surface area contributed by atoms with Crippen LogP contribution < -0.4 is 5.32 Å². The molecule has 248 valence electrons. The lowest BCUT2D eigenvalue weighted by Crippen LogP contribution is -2.59. The van der Waals surface area contributed by atoms with Gasteiger partial charge in [-0.3, -0.25) is 9.59 Å². The van der Waals surface area contributed by atoms with Crippen LogP contribution in [-0.4, -0.2) is 59.7 Å². The van der Waals surface area contributed by atoms with Gasteiger partial charge in [0.05, 0.1) is 24.7 Å². The summed E-state index contributed by atoms with van der Waals surface area (Å²) in [5.74, 6) is 1.53. The van der Waals surface area contributed by atoms with E-state index in [1.54, 1.807) is 0 Å². The molecule has 0 saturated heterocycles. The number of fused-ring (bicyclic) bond motifs is 5. The summed E-state index contributed by atoms with van der Waals surface area (Å²) in [4.78, 5) is 25.5. The minimum absolute atomic E-state index is 0.0328. The van der Waals surface area contributed by atoms with Crippen LogP contribution in [0.15, 0.2) is 0 Å². The summed E-state index contributed by atoms with van der Waals surface area (Å²) in [5.41, 5.74) is -0.514. The molecule has 3 N–H and O–H groups in total. The zero-order chi connectivity index (χ0) is 31.3. The van der Waals surface area contributed by atoms with E-state index < -0.39 is 5.60 Å². The third-order valence-corrected chi connectivity index (χ3v) is 12.7. The number of aliphatic hydroxyl groups is 2. The topological polar surface area (TPSA) is 105 Å². The van der Waals surface area contributed by atoms with Crippen LogP contribution in [0, 0.1) is 40.4 Å². The van der Waals surface area contributed by atoms with Crippen LogP contribution in [0.1, 0.15) is 137 Å². The summed E-state index contributed by atoms with van der Waals surface area (Å²) >= 11 is 0. The molecule has 0 spiro atoms. The molecule has 4 saturated carbocycles. The summed E-state index contributed by atoms with van der Waals surface area (Å²) in [6.07, 6.45) is 14.0. The fourth-order valence-electron chi connectivity index (χ4n) is 10.5. The molecule has 4 aliphatic carbocycles. The Morgan fingerprint density at radius 3 is 2.37 bits per heavy atom. The van der Waals surface area contributed by atoms with E-state index in [4.69, 9.17) is 9.47 Å². The molecular weight excluding hydrogens is 542 g/mol. The standard InChI is InChI=1S/C36H63NO6/c1-6-8-9-10-17-36(5,41)31-12-11-27-26-24-30(43-33(40)14-13-32(39)37-20-22-42-21-7-2)29-23-25(38)15-18-34(29,3)28(26)16-19-35(27,31)4/h25-31,38,41H,6-24H2,1-5H3,(H,37,39)/t25-,26-,27-,28-,29+,30-,31-,34+,35-,36-/m0/s1. The van der Waals surface area contributed by atoms with E-state index in [-0.39, 0.29) is 53.7 Å². The first-order chi connectivity index (χ1) is 20.5. The largest absolute Gasteiger partial charge is 0.462 e. The number of ether oxygens (including phenoxy) is 2. The molecule has 4 aliphatic rings. The number of aliphatic hydroxyl groups excluding tert-OH is 1. The van der Waals surface area contributed by atoms with Crippen molar-refractivity contribution in [2.24, 2.45) is 40.4 Å². The lowest BCUT2D eigenvalue weighted by molar-refractivity contribution is -0.197. The van der Waals surface area contributed by atoms with E-state index >= 15 is 0 Å². The number of carbonyl (C=O) groups is 2. The van der Waals surface area contributed by atoms with Crippen molar-refractivity contribution in [3.8, 4) is 0 Å². The van der Waals surface area contributed by atoms with E-state index in [1.807, 2.05) is 6.92 Å². The molecule has 0 bridgehead atoms. The highest BCUT2D eigenvalue weighted by Crippen LogP contribution is 2.69. The van der Waals surface area contributed by atoms with Crippen molar-refractivity contribution in [1.82, 2.24) is 5.32 Å². The Balaban J connectivity index is 1.43. The van der Waals surface area contributed by atoms with Gasteiger partial charge in [-0.05, 0) is 106 Å². The zero-order valence-electron chi connectivity index (χ0n) is 28.0. The minimum Gasteiger partial charge on any atom is -0.462 e. The van der Waals surface area contributed by atoms with Crippen molar-refractivity contribution in [2.45, 2.75) is 155 Å². The van der Waals surface area contributed by atoms with Gasteiger partial charge in [0.25, 0.3) is 0 Å². The molecule has 1 amide bonds. The number of amides is 1. The van der Waals surface area contributed by atoms with Gasteiger partial charge in [-0.1, -0.05) is 53.4 Å². The Morgan fingerprint density at radius 2 is 1.63 bits per heavy atom. The lowest BCUT2D eigenvalue weighted by atomic mass is 9.43. The van der Waals surface area contributed by atoms with E-state index in [0.717, 1.165) is 64.2 Å². The average molecular weight is 606 g/mol. The second-order valence-corrected chi connectivity index (χ2v) is 15.5. The summed E-state index contributed by atoms with van der Waals surface area (Å²) in [5, 5.41) is 25.4. The fourth-order valence-corrected chi connectivity index (χ4v) is 10.5. The van der Waals surface area contributed by atoms with Crippen LogP contribution in [0.3, 0.4) is 0 Å². The number of rotatable bonds is 15. The van der Waals surface area contributed by atoms with Gasteiger partial charge >= 0.3 is 5.97 Å². The van der Waals surface area contributed by atoms with Gasteiger partial charge in [-0.25, -0.2) is 0 Å². The van der Waals surface area contributed by atoms with Gasteiger partial charge in [0.1, 0.15) is 6.10 Å². The second-order valence-electron chi connectivity index (χ2n) is 15.5. The number of nitrogens with one attached hydrogen (secondary N) is 1. The maximum Gasteiger partial charge on any atom is 0.306 e. The van der Waals surface area contributed by atoms with E-state index in [2.05, 4.69) is 33.0 Å². The number of esters is 1. The summed E-state index contributed by atoms with van der Waals surface area (Å²) in [6, 6.07) is 0. The predicted octanol–water partition coefficient (Wildman–Crippen LogP) is 6.57. The summed E-state index contributed by atoms with van der Waals surface area (Å²) in [7, 11) is 0. The monoisotopic (exact) mass is 605 g/mol.